The van der Waals surface area contributed by atoms with E-state index in [-0.39, 0.29) is 0 Å². The van der Waals surface area contributed by atoms with Crippen LogP contribution >= 0.6 is 45.2 Å². The highest BCUT2D eigenvalue weighted by atomic mass is 127. The molecule has 0 saturated heterocycles. The third-order valence-electron chi connectivity index (χ3n) is 1.09. The number of hydrogen-bond donors (Lipinski definition) is 1. The lowest BCUT2D eigenvalue weighted by Gasteiger charge is -2.02. The van der Waals surface area contributed by atoms with Crippen LogP contribution in [0, 0.1) is 0 Å². The Morgan fingerprint density at radius 3 is 2.44 bits per heavy atom. The zero-order valence-electron chi connectivity index (χ0n) is 5.32. The van der Waals surface area contributed by atoms with E-state index in [9.17, 15) is 0 Å². The van der Waals surface area contributed by atoms with Crippen LogP contribution in [0.2, 0.25) is 0 Å². The van der Waals surface area contributed by atoms with Gasteiger partial charge in [0.15, 0.2) is 0 Å². The van der Waals surface area contributed by atoms with Crippen molar-refractivity contribution >= 4 is 45.2 Å². The molecule has 0 radical (unpaired) electrons. The Balaban J connectivity index is 2.88. The standard InChI is InChI=1S/C6H12I2O/c7-5-6(8)3-1-2-4-9/h6,9H,1-5H2. The Bertz CT molecular complexity index is 59.0. The second kappa shape index (κ2) is 7.53. The molecule has 1 N–H and O–H groups in total. The summed E-state index contributed by atoms with van der Waals surface area (Å²) in [7, 11) is 0. The molecule has 0 aromatic carbocycles. The number of hydrogen-bond acceptors (Lipinski definition) is 1. The number of halogens is 2. The number of rotatable bonds is 5. The smallest absolute Gasteiger partial charge is 0.0431 e. The van der Waals surface area contributed by atoms with Gasteiger partial charge in [-0.3, -0.25) is 0 Å². The van der Waals surface area contributed by atoms with Crippen LogP contribution in [0.5, 0.6) is 0 Å². The Morgan fingerprint density at radius 2 is 2.00 bits per heavy atom. The summed E-state index contributed by atoms with van der Waals surface area (Å²) in [6.45, 7) is 0.352. The van der Waals surface area contributed by atoms with Crippen LogP contribution in [0.4, 0.5) is 0 Å². The van der Waals surface area contributed by atoms with Crippen molar-refractivity contribution in [3.8, 4) is 0 Å². The number of aliphatic hydroxyl groups excluding tert-OH is 1. The first kappa shape index (κ1) is 10.4. The molecule has 0 fully saturated rings. The van der Waals surface area contributed by atoms with Gasteiger partial charge in [-0.05, 0) is 12.8 Å². The third-order valence-corrected chi connectivity index (χ3v) is 4.90. The Kier molecular flexibility index (Phi) is 8.71. The first-order valence-corrected chi connectivity index (χ1v) is 5.89. The topological polar surface area (TPSA) is 20.2 Å². The van der Waals surface area contributed by atoms with Crippen molar-refractivity contribution in [2.45, 2.75) is 23.2 Å². The molecule has 0 amide bonds. The van der Waals surface area contributed by atoms with E-state index >= 15 is 0 Å². The lowest BCUT2D eigenvalue weighted by Crippen LogP contribution is -1.98. The maximum absolute atomic E-state index is 8.45. The predicted octanol–water partition coefficient (Wildman–Crippen LogP) is 2.39. The van der Waals surface area contributed by atoms with E-state index < -0.39 is 0 Å². The quantitative estimate of drug-likeness (QED) is 0.457. The van der Waals surface area contributed by atoms with Gasteiger partial charge in [-0.25, -0.2) is 0 Å². The van der Waals surface area contributed by atoms with Crippen LogP contribution in [0.1, 0.15) is 19.3 Å². The molecular weight excluding hydrogens is 342 g/mol. The van der Waals surface area contributed by atoms with Crippen molar-refractivity contribution in [2.24, 2.45) is 0 Å². The summed E-state index contributed by atoms with van der Waals surface area (Å²) in [6, 6.07) is 0. The van der Waals surface area contributed by atoms with E-state index in [1.807, 2.05) is 0 Å². The van der Waals surface area contributed by atoms with Crippen molar-refractivity contribution in [2.75, 3.05) is 11.0 Å². The largest absolute Gasteiger partial charge is 0.396 e. The van der Waals surface area contributed by atoms with E-state index in [1.165, 1.54) is 17.3 Å². The van der Waals surface area contributed by atoms with Crippen molar-refractivity contribution in [1.82, 2.24) is 0 Å². The normalized spacial score (nSPS) is 13.7. The van der Waals surface area contributed by atoms with Crippen molar-refractivity contribution in [3.63, 3.8) is 0 Å². The molecule has 0 aliphatic carbocycles. The Hall–Kier alpha value is 1.42. The van der Waals surface area contributed by atoms with Gasteiger partial charge in [0.25, 0.3) is 0 Å². The minimum Gasteiger partial charge on any atom is -0.396 e. The van der Waals surface area contributed by atoms with Crippen LogP contribution in [0.3, 0.4) is 0 Å². The van der Waals surface area contributed by atoms with Gasteiger partial charge < -0.3 is 5.11 Å². The van der Waals surface area contributed by atoms with Gasteiger partial charge in [0.2, 0.25) is 0 Å². The SMILES string of the molecule is OCCCCC(I)CI. The Labute approximate surface area is 83.9 Å². The lowest BCUT2D eigenvalue weighted by atomic mass is 10.2. The van der Waals surface area contributed by atoms with Crippen LogP contribution in [-0.2, 0) is 0 Å². The van der Waals surface area contributed by atoms with Crippen LogP contribution in [-0.4, -0.2) is 20.1 Å². The fourth-order valence-corrected chi connectivity index (χ4v) is 1.44. The monoisotopic (exact) mass is 354 g/mol. The first-order valence-electron chi connectivity index (χ1n) is 3.12. The van der Waals surface area contributed by atoms with Gasteiger partial charge in [0, 0.05) is 15.0 Å². The number of unbranched alkanes of at least 4 members (excludes halogenated alkanes) is 1. The van der Waals surface area contributed by atoms with Gasteiger partial charge in [-0.1, -0.05) is 51.6 Å². The predicted molar refractivity (Wildman–Crippen MR) is 57.6 cm³/mol. The molecule has 56 valence electrons. The molecule has 0 saturated carbocycles. The fraction of sp³-hybridized carbons (Fsp3) is 1.00. The molecule has 0 aliphatic rings. The van der Waals surface area contributed by atoms with Gasteiger partial charge in [0.1, 0.15) is 0 Å². The zero-order chi connectivity index (χ0) is 7.11. The van der Waals surface area contributed by atoms with Crippen LogP contribution < -0.4 is 0 Å². The highest BCUT2D eigenvalue weighted by Gasteiger charge is 1.98. The summed E-state index contributed by atoms with van der Waals surface area (Å²) in [6.07, 6.45) is 3.40. The molecule has 1 unspecified atom stereocenters. The second-order valence-corrected chi connectivity index (χ2v) is 4.61. The highest BCUT2D eigenvalue weighted by Crippen LogP contribution is 2.12. The lowest BCUT2D eigenvalue weighted by molar-refractivity contribution is 0.283. The molecule has 3 heteroatoms. The van der Waals surface area contributed by atoms with Gasteiger partial charge in [-0.2, -0.15) is 0 Å². The molecule has 0 rings (SSSR count). The van der Waals surface area contributed by atoms with E-state index in [0.29, 0.717) is 6.61 Å². The summed E-state index contributed by atoms with van der Waals surface area (Å²) < 4.78 is 2.03. The molecule has 0 spiro atoms. The zero-order valence-corrected chi connectivity index (χ0v) is 9.63. The van der Waals surface area contributed by atoms with Gasteiger partial charge >= 0.3 is 0 Å². The first-order chi connectivity index (χ1) is 4.31. The average Bonchev–Trinajstić information content (AvgIpc) is 1.89. The molecule has 0 aromatic heterocycles. The molecule has 1 atom stereocenters. The third kappa shape index (κ3) is 7.32. The highest BCUT2D eigenvalue weighted by molar-refractivity contribution is 14.1. The molecule has 1 nitrogen and oxygen atoms in total. The van der Waals surface area contributed by atoms with Crippen LogP contribution in [0.25, 0.3) is 0 Å². The fourth-order valence-electron chi connectivity index (χ4n) is 0.555. The summed E-state index contributed by atoms with van der Waals surface area (Å²) >= 11 is 4.85. The molecule has 0 aliphatic heterocycles. The van der Waals surface area contributed by atoms with Crippen molar-refractivity contribution < 1.29 is 5.11 Å². The van der Waals surface area contributed by atoms with Crippen LogP contribution in [0.15, 0.2) is 0 Å². The molecule has 0 bridgehead atoms. The maximum atomic E-state index is 8.45. The maximum Gasteiger partial charge on any atom is 0.0431 e. The molecule has 9 heavy (non-hydrogen) atoms. The average molecular weight is 354 g/mol. The summed E-state index contributed by atoms with van der Waals surface area (Å²) in [5.41, 5.74) is 0. The summed E-state index contributed by atoms with van der Waals surface area (Å²) in [4.78, 5) is 0. The minimum absolute atomic E-state index is 0.352. The van der Waals surface area contributed by atoms with Crippen molar-refractivity contribution in [3.05, 3.63) is 0 Å². The van der Waals surface area contributed by atoms with E-state index in [1.54, 1.807) is 0 Å². The molecule has 0 heterocycles. The van der Waals surface area contributed by atoms with Gasteiger partial charge in [0.05, 0.1) is 0 Å². The number of aliphatic hydroxyl groups is 1. The summed E-state index contributed by atoms with van der Waals surface area (Å²) in [5.74, 6) is 0. The van der Waals surface area contributed by atoms with E-state index in [4.69, 9.17) is 5.11 Å². The Morgan fingerprint density at radius 1 is 1.33 bits per heavy atom. The van der Waals surface area contributed by atoms with Crippen molar-refractivity contribution in [1.29, 1.82) is 0 Å². The number of alkyl halides is 2. The molecule has 0 aromatic rings. The molecular formula is C6H12I2O. The second-order valence-electron chi connectivity index (χ2n) is 1.97. The van der Waals surface area contributed by atoms with E-state index in [0.717, 1.165) is 10.3 Å². The van der Waals surface area contributed by atoms with Gasteiger partial charge in [-0.15, -0.1) is 0 Å². The van der Waals surface area contributed by atoms with E-state index in [2.05, 4.69) is 45.2 Å². The minimum atomic E-state index is 0.352. The summed E-state index contributed by atoms with van der Waals surface area (Å²) in [5, 5.41) is 8.45.